The van der Waals surface area contributed by atoms with Gasteiger partial charge in [0.25, 0.3) is 0 Å². The first kappa shape index (κ1) is 22.3. The average molecular weight is 461 g/mol. The zero-order chi connectivity index (χ0) is 22.5. The van der Waals surface area contributed by atoms with Gasteiger partial charge >= 0.3 is 6.03 Å². The highest BCUT2D eigenvalue weighted by molar-refractivity contribution is 6.32. The monoisotopic (exact) mass is 460 g/mol. The Bertz CT molecular complexity index is 945. The Hall–Kier alpha value is -2.94. The molecule has 1 aromatic heterocycles. The number of nitrogens with one attached hydrogen (secondary N) is 1. The number of benzene rings is 1. The van der Waals surface area contributed by atoms with Gasteiger partial charge in [-0.1, -0.05) is 11.6 Å². The molecule has 9 nitrogen and oxygen atoms in total. The number of hydrogen-bond donors (Lipinski definition) is 1. The third-order valence-electron chi connectivity index (χ3n) is 5.87. The molecule has 1 N–H and O–H groups in total. The standard InChI is InChI=1S/C22H29ClN6O3/c1-31-18-15-19(32-2)17(14-16(18)23)25-22(30)29-12-10-27(11-13-29)20-6-7-24-21(26-20)28-8-4-3-5-9-28/h6-7,14-15H,3-5,8-13H2,1-2H3,(H,25,30). The van der Waals surface area contributed by atoms with E-state index in [1.165, 1.54) is 33.5 Å². The normalized spacial score (nSPS) is 16.7. The fourth-order valence-electron chi connectivity index (χ4n) is 4.05. The smallest absolute Gasteiger partial charge is 0.322 e. The number of carbonyl (C=O) groups is 1. The fraction of sp³-hybridized carbons (Fsp3) is 0.500. The minimum atomic E-state index is -0.194. The van der Waals surface area contributed by atoms with Crippen molar-refractivity contribution in [1.29, 1.82) is 0 Å². The van der Waals surface area contributed by atoms with Crippen molar-refractivity contribution in [2.24, 2.45) is 0 Å². The Balaban J connectivity index is 1.37. The second kappa shape index (κ2) is 10.1. The van der Waals surface area contributed by atoms with Crippen molar-refractivity contribution in [2.75, 3.05) is 68.6 Å². The highest BCUT2D eigenvalue weighted by Gasteiger charge is 2.24. The van der Waals surface area contributed by atoms with Crippen molar-refractivity contribution in [3.63, 3.8) is 0 Å². The van der Waals surface area contributed by atoms with Gasteiger partial charge in [0.15, 0.2) is 0 Å². The van der Waals surface area contributed by atoms with Crippen LogP contribution in [0.1, 0.15) is 19.3 Å². The molecule has 3 heterocycles. The lowest BCUT2D eigenvalue weighted by Crippen LogP contribution is -2.50. The highest BCUT2D eigenvalue weighted by Crippen LogP contribution is 2.36. The number of ether oxygens (including phenoxy) is 2. The summed E-state index contributed by atoms with van der Waals surface area (Å²) >= 11 is 6.22. The van der Waals surface area contributed by atoms with Crippen LogP contribution in [0, 0.1) is 0 Å². The zero-order valence-electron chi connectivity index (χ0n) is 18.5. The van der Waals surface area contributed by atoms with Crippen LogP contribution in [-0.4, -0.2) is 74.4 Å². The Morgan fingerprint density at radius 3 is 2.38 bits per heavy atom. The van der Waals surface area contributed by atoms with Crippen molar-refractivity contribution in [2.45, 2.75) is 19.3 Å². The summed E-state index contributed by atoms with van der Waals surface area (Å²) in [5.41, 5.74) is 0.507. The predicted octanol–water partition coefficient (Wildman–Crippen LogP) is 3.49. The fourth-order valence-corrected chi connectivity index (χ4v) is 4.29. The van der Waals surface area contributed by atoms with E-state index >= 15 is 0 Å². The summed E-state index contributed by atoms with van der Waals surface area (Å²) in [5.74, 6) is 2.68. The summed E-state index contributed by atoms with van der Waals surface area (Å²) in [6, 6.07) is 5.04. The molecule has 0 unspecified atom stereocenters. The molecule has 10 heteroatoms. The number of carbonyl (C=O) groups excluding carboxylic acids is 1. The molecule has 0 radical (unpaired) electrons. The molecule has 2 aliphatic rings. The first-order valence-electron chi connectivity index (χ1n) is 10.9. The molecule has 172 valence electrons. The zero-order valence-corrected chi connectivity index (χ0v) is 19.3. The van der Waals surface area contributed by atoms with Crippen LogP contribution in [0.5, 0.6) is 11.5 Å². The van der Waals surface area contributed by atoms with Gasteiger partial charge in [-0.2, -0.15) is 4.98 Å². The van der Waals surface area contributed by atoms with Crippen LogP contribution < -0.4 is 24.6 Å². The molecule has 1 aromatic carbocycles. The maximum Gasteiger partial charge on any atom is 0.322 e. The maximum atomic E-state index is 12.8. The number of hydrogen-bond acceptors (Lipinski definition) is 7. The Morgan fingerprint density at radius 2 is 1.69 bits per heavy atom. The molecule has 0 atom stereocenters. The molecular weight excluding hydrogens is 432 g/mol. The molecule has 0 aliphatic carbocycles. The van der Waals surface area contributed by atoms with Gasteiger partial charge in [0, 0.05) is 51.5 Å². The van der Waals surface area contributed by atoms with Crippen molar-refractivity contribution < 1.29 is 14.3 Å². The van der Waals surface area contributed by atoms with E-state index in [9.17, 15) is 4.79 Å². The summed E-state index contributed by atoms with van der Waals surface area (Å²) in [5, 5.41) is 3.31. The van der Waals surface area contributed by atoms with Crippen LogP contribution in [0.25, 0.3) is 0 Å². The number of amides is 2. The number of anilines is 3. The van der Waals surface area contributed by atoms with E-state index in [1.54, 1.807) is 17.0 Å². The van der Waals surface area contributed by atoms with Gasteiger partial charge in [0.1, 0.15) is 17.3 Å². The molecule has 0 saturated carbocycles. The predicted molar refractivity (Wildman–Crippen MR) is 125 cm³/mol. The SMILES string of the molecule is COc1cc(OC)c(NC(=O)N2CCN(c3ccnc(N4CCCCC4)n3)CC2)cc1Cl. The first-order valence-corrected chi connectivity index (χ1v) is 11.3. The highest BCUT2D eigenvalue weighted by atomic mass is 35.5. The molecular formula is C22H29ClN6O3. The lowest BCUT2D eigenvalue weighted by Gasteiger charge is -2.36. The largest absolute Gasteiger partial charge is 0.495 e. The molecule has 2 amide bonds. The molecule has 2 aliphatic heterocycles. The summed E-state index contributed by atoms with van der Waals surface area (Å²) in [7, 11) is 3.07. The first-order chi connectivity index (χ1) is 15.6. The number of halogens is 1. The molecule has 2 fully saturated rings. The van der Waals surface area contributed by atoms with Gasteiger partial charge in [0.2, 0.25) is 5.95 Å². The molecule has 32 heavy (non-hydrogen) atoms. The Labute approximate surface area is 193 Å². The van der Waals surface area contributed by atoms with Crippen molar-refractivity contribution >= 4 is 35.1 Å². The maximum absolute atomic E-state index is 12.8. The molecule has 2 aromatic rings. The summed E-state index contributed by atoms with van der Waals surface area (Å²) in [6.07, 6.45) is 5.47. The third-order valence-corrected chi connectivity index (χ3v) is 6.17. The lowest BCUT2D eigenvalue weighted by atomic mass is 10.1. The lowest BCUT2D eigenvalue weighted by molar-refractivity contribution is 0.208. The number of piperazine rings is 1. The Kier molecular flexibility index (Phi) is 7.04. The van der Waals surface area contributed by atoms with Gasteiger partial charge in [-0.25, -0.2) is 9.78 Å². The summed E-state index contributed by atoms with van der Waals surface area (Å²) in [4.78, 5) is 28.3. The second-order valence-corrected chi connectivity index (χ2v) is 8.26. The number of rotatable bonds is 5. The second-order valence-electron chi connectivity index (χ2n) is 7.85. The van der Waals surface area contributed by atoms with E-state index in [1.807, 2.05) is 12.3 Å². The van der Waals surface area contributed by atoms with Crippen molar-refractivity contribution in [3.05, 3.63) is 29.4 Å². The minimum absolute atomic E-state index is 0.194. The van der Waals surface area contributed by atoms with Crippen LogP contribution in [0.15, 0.2) is 24.4 Å². The average Bonchev–Trinajstić information content (AvgIpc) is 2.85. The number of piperidine rings is 1. The van der Waals surface area contributed by atoms with E-state index in [2.05, 4.69) is 20.1 Å². The van der Waals surface area contributed by atoms with E-state index in [-0.39, 0.29) is 6.03 Å². The van der Waals surface area contributed by atoms with Gasteiger partial charge in [-0.3, -0.25) is 0 Å². The van der Waals surface area contributed by atoms with E-state index in [0.717, 1.165) is 24.9 Å². The van der Waals surface area contributed by atoms with Crippen LogP contribution in [-0.2, 0) is 0 Å². The van der Waals surface area contributed by atoms with Crippen LogP contribution in [0.2, 0.25) is 5.02 Å². The van der Waals surface area contributed by atoms with E-state index in [0.29, 0.717) is 48.4 Å². The van der Waals surface area contributed by atoms with Gasteiger partial charge in [-0.05, 0) is 31.4 Å². The number of aromatic nitrogens is 2. The summed E-state index contributed by atoms with van der Waals surface area (Å²) in [6.45, 7) is 4.59. The van der Waals surface area contributed by atoms with Gasteiger partial charge in [-0.15, -0.1) is 0 Å². The Morgan fingerprint density at radius 1 is 0.969 bits per heavy atom. The minimum Gasteiger partial charge on any atom is -0.495 e. The topological polar surface area (TPSA) is 83.1 Å². The third kappa shape index (κ3) is 4.93. The van der Waals surface area contributed by atoms with Gasteiger partial charge in [0.05, 0.1) is 24.9 Å². The van der Waals surface area contributed by atoms with E-state index in [4.69, 9.17) is 26.1 Å². The van der Waals surface area contributed by atoms with Gasteiger partial charge < -0.3 is 29.5 Å². The van der Waals surface area contributed by atoms with E-state index < -0.39 is 0 Å². The van der Waals surface area contributed by atoms with Crippen LogP contribution in [0.3, 0.4) is 0 Å². The molecule has 0 spiro atoms. The number of methoxy groups -OCH3 is 2. The number of nitrogens with zero attached hydrogens (tertiary/aromatic N) is 5. The number of urea groups is 1. The van der Waals surface area contributed by atoms with Crippen molar-refractivity contribution in [1.82, 2.24) is 14.9 Å². The van der Waals surface area contributed by atoms with Crippen LogP contribution in [0.4, 0.5) is 22.2 Å². The molecule has 2 saturated heterocycles. The molecule has 4 rings (SSSR count). The molecule has 0 bridgehead atoms. The quantitative estimate of drug-likeness (QED) is 0.731. The van der Waals surface area contributed by atoms with Crippen LogP contribution >= 0.6 is 11.6 Å². The summed E-state index contributed by atoms with van der Waals surface area (Å²) < 4.78 is 10.6. The van der Waals surface area contributed by atoms with Crippen molar-refractivity contribution in [3.8, 4) is 11.5 Å².